The zero-order valence-corrected chi connectivity index (χ0v) is 38.1. The molecule has 6 nitrogen and oxygen atoms in total. The molecule has 0 radical (unpaired) electrons. The zero-order valence-electron chi connectivity index (χ0n) is 45.9. The quantitative estimate of drug-likeness (QED) is 0.0906. The Hall–Kier alpha value is -7.21. The number of benzene rings is 7. The van der Waals surface area contributed by atoms with Gasteiger partial charge in [0.2, 0.25) is 0 Å². The van der Waals surface area contributed by atoms with Crippen LogP contribution in [0, 0.1) is 18.5 Å². The van der Waals surface area contributed by atoms with Crippen LogP contribution in [-0.2, 0) is 26.5 Å². The summed E-state index contributed by atoms with van der Waals surface area (Å²) in [6.07, 6.45) is 13.5. The Morgan fingerprint density at radius 2 is 1.47 bits per heavy atom. The summed E-state index contributed by atoms with van der Waals surface area (Å²) in [4.78, 5) is 7.08. The molecule has 0 saturated carbocycles. The molecule has 8 heteroatoms. The van der Waals surface area contributed by atoms with Crippen LogP contribution in [0.1, 0.15) is 40.0 Å². The van der Waals surface area contributed by atoms with E-state index in [4.69, 9.17) is 28.2 Å². The Morgan fingerprint density at radius 3 is 2.24 bits per heavy atom. The monoisotopic (exact) mass is 1040 g/mol. The molecule has 0 spiro atoms. The number of hydrogen-bond donors (Lipinski definition) is 0. The summed E-state index contributed by atoms with van der Waals surface area (Å²) in [7, 11) is 0. The third kappa shape index (κ3) is 7.10. The summed E-state index contributed by atoms with van der Waals surface area (Å²) in [6, 6.07) is 33.6. The minimum absolute atomic E-state index is 0. The molecule has 0 N–H and O–H groups in total. The first-order valence-corrected chi connectivity index (χ1v) is 21.4. The summed E-state index contributed by atoms with van der Waals surface area (Å²) in [5.41, 5.74) is 6.62. The number of imidazole rings is 1. The molecule has 7 aromatic carbocycles. The maximum atomic E-state index is 9.05. The number of aromatic nitrogens is 3. The molecule has 0 amide bonds. The second kappa shape index (κ2) is 16.7. The summed E-state index contributed by atoms with van der Waals surface area (Å²) in [6.45, 7) is 6.48. The van der Waals surface area contributed by atoms with Gasteiger partial charge in [-0.05, 0) is 80.5 Å². The van der Waals surface area contributed by atoms with Gasteiger partial charge in [0.15, 0.2) is 6.71 Å². The van der Waals surface area contributed by atoms with Crippen molar-refractivity contribution in [3.63, 3.8) is 0 Å². The molecule has 1 aliphatic carbocycles. The van der Waals surface area contributed by atoms with Gasteiger partial charge in [0, 0.05) is 44.4 Å². The van der Waals surface area contributed by atoms with E-state index in [-0.39, 0.29) is 73.1 Å². The van der Waals surface area contributed by atoms with Crippen molar-refractivity contribution in [2.24, 2.45) is 0 Å². The van der Waals surface area contributed by atoms with E-state index in [1.54, 1.807) is 33.4 Å². The van der Waals surface area contributed by atoms with Gasteiger partial charge < -0.3 is 18.9 Å². The third-order valence-electron chi connectivity index (χ3n) is 12.3. The van der Waals surface area contributed by atoms with Gasteiger partial charge in [-0.3, -0.25) is 4.57 Å². The van der Waals surface area contributed by atoms with Crippen molar-refractivity contribution in [2.45, 2.75) is 38.1 Å². The summed E-state index contributed by atoms with van der Waals surface area (Å²) in [5.74, 6) is 2.35. The first-order valence-electron chi connectivity index (χ1n) is 26.4. The number of allylic oxidation sites excluding steroid dienone is 2. The molecule has 2 aromatic heterocycles. The van der Waals surface area contributed by atoms with Crippen molar-refractivity contribution in [2.75, 3.05) is 4.90 Å². The van der Waals surface area contributed by atoms with E-state index in [2.05, 4.69) is 80.6 Å². The van der Waals surface area contributed by atoms with E-state index < -0.39 is 60.4 Å². The molecule has 0 bridgehead atoms. The minimum Gasteiger partial charge on any atom is -0.510 e. The van der Waals surface area contributed by atoms with Gasteiger partial charge in [0.05, 0.1) is 30.4 Å². The fourth-order valence-corrected chi connectivity index (χ4v) is 9.31. The van der Waals surface area contributed by atoms with Gasteiger partial charge >= 0.3 is 0 Å². The number of rotatable bonds is 7. The third-order valence-corrected chi connectivity index (χ3v) is 12.3. The molecule has 3 aliphatic rings. The molecule has 2 aliphatic heterocycles. The van der Waals surface area contributed by atoms with E-state index in [1.165, 1.54) is 0 Å². The molecule has 9 aromatic rings. The maximum Gasteiger partial charge on any atom is 0.268 e. The first kappa shape index (κ1) is 31.6. The van der Waals surface area contributed by atoms with Crippen LogP contribution in [0.2, 0.25) is 5.82 Å². The predicted octanol–water partition coefficient (Wildman–Crippen LogP) is 11.8. The fraction of sp³-hybridized carbons (Fsp3) is 0.103. The fourth-order valence-electron chi connectivity index (χ4n) is 9.31. The van der Waals surface area contributed by atoms with E-state index in [1.807, 2.05) is 72.9 Å². The van der Waals surface area contributed by atoms with Crippen molar-refractivity contribution in [1.82, 2.24) is 9.55 Å². The smallest absolute Gasteiger partial charge is 0.268 e. The summed E-state index contributed by atoms with van der Waals surface area (Å²) >= 11 is 0. The molecule has 2 unspecified atom stereocenters. The largest absolute Gasteiger partial charge is 0.510 e. The van der Waals surface area contributed by atoms with Crippen LogP contribution < -0.4 is 29.9 Å². The average molecular weight is 1040 g/mol. The van der Waals surface area contributed by atoms with Gasteiger partial charge in [-0.25, -0.2) is 4.98 Å². The summed E-state index contributed by atoms with van der Waals surface area (Å²) in [5, 5.41) is 0. The Bertz CT molecular complexity index is 3830. The van der Waals surface area contributed by atoms with Crippen molar-refractivity contribution >= 4 is 45.9 Å². The Labute approximate surface area is 414 Å². The number of nitrogens with zero attached hydrogens (tertiary/aromatic N) is 4. The predicted molar refractivity (Wildman–Crippen MR) is 261 cm³/mol. The van der Waals surface area contributed by atoms with Gasteiger partial charge in [-0.1, -0.05) is 154 Å². The normalized spacial score (nSPS) is 17.7. The first-order chi connectivity index (χ1) is 36.0. The molecule has 2 atom stereocenters. The number of pyridine rings is 1. The number of ether oxygens (including phenoxy) is 2. The van der Waals surface area contributed by atoms with Crippen LogP contribution in [0.15, 0.2) is 194 Å². The molecule has 0 fully saturated rings. The Kier molecular flexibility index (Phi) is 7.98. The summed E-state index contributed by atoms with van der Waals surface area (Å²) < 4.78 is 104. The molecular formula is C58H43BN4O2Pt-2. The second-order valence-electron chi connectivity index (χ2n) is 17.2. The van der Waals surface area contributed by atoms with Crippen LogP contribution in [0.3, 0.4) is 0 Å². The molecule has 12 rings (SSSR count). The number of anilines is 3. The van der Waals surface area contributed by atoms with Crippen LogP contribution in [0.5, 0.6) is 17.2 Å². The van der Waals surface area contributed by atoms with Crippen LogP contribution in [0.4, 0.5) is 17.2 Å². The van der Waals surface area contributed by atoms with Crippen LogP contribution >= 0.6 is 0 Å². The van der Waals surface area contributed by atoms with E-state index in [0.717, 1.165) is 39.4 Å². The standard InChI is InChI=1S/C58H43BN4O2.Pt/c1-58(2,3)41-33-34-60-55(35-41)63-51-28-16-30-54-56(51)59(48-25-10-13-29-53(48)65-54)47-32-31-44(37-52(47)63)64-43-22-14-21-42(36-43)61-38-62(50-27-12-11-26-49(50)61)57-45(39-17-6-4-7-18-39)23-15-24-46(57)40-19-8-5-9-20-40;/h4-35,48,53H,1-3H3;/q-2;/i4D,5D,6D,7D,8D,9D,17D,18D,19D,20D;. The molecule has 322 valence electrons. The topological polar surface area (TPSA) is 43.4 Å². The molecule has 0 saturated heterocycles. The van der Waals surface area contributed by atoms with E-state index in [0.29, 0.717) is 28.2 Å². The molecular weight excluding hydrogens is 991 g/mol. The van der Waals surface area contributed by atoms with Crippen molar-refractivity contribution in [1.29, 1.82) is 0 Å². The van der Waals surface area contributed by atoms with Crippen LogP contribution in [0.25, 0.3) is 44.7 Å². The average Bonchev–Trinajstić information content (AvgIpc) is 3.81. The number of hydrogen-bond acceptors (Lipinski definition) is 4. The van der Waals surface area contributed by atoms with Gasteiger partial charge in [-0.2, -0.15) is 18.2 Å². The minimum atomic E-state index is -0.574. The van der Waals surface area contributed by atoms with Gasteiger partial charge in [-0.15, -0.1) is 29.7 Å². The molecule has 4 heterocycles. The SMILES string of the molecule is [2H]c1c([2H])c([2H])c(-c2cccc(-c3c([2H])c([2H])c([2H])c([2H])c3[2H])c2-[n+]2[c-]n(-c3[c-]c(Oc4[c-]c5c(cc4)B4c6c(cccc6N5c5cc(C(C)(C)C)ccn5)OC5C=CC=CC45)ccc3)c3ccccc32)c([2H])c1[2H].[Pt]. The Balaban J connectivity index is 0.00000616. The second-order valence-corrected chi connectivity index (χ2v) is 17.2. The maximum absolute atomic E-state index is 9.05. The number of fused-ring (bicyclic) bond motifs is 5. The van der Waals surface area contributed by atoms with Gasteiger partial charge in [0.25, 0.3) is 6.33 Å². The van der Waals surface area contributed by atoms with Crippen molar-refractivity contribution < 1.29 is 48.8 Å². The van der Waals surface area contributed by atoms with Gasteiger partial charge in [0.1, 0.15) is 17.7 Å². The Morgan fingerprint density at radius 1 is 0.758 bits per heavy atom. The van der Waals surface area contributed by atoms with E-state index >= 15 is 0 Å². The van der Waals surface area contributed by atoms with Crippen molar-refractivity contribution in [3.05, 3.63) is 218 Å². The van der Waals surface area contributed by atoms with Crippen molar-refractivity contribution in [3.8, 4) is 50.9 Å². The molecule has 66 heavy (non-hydrogen) atoms. The number of para-hydroxylation sites is 3. The van der Waals surface area contributed by atoms with E-state index in [9.17, 15) is 0 Å². The van der Waals surface area contributed by atoms with Crippen LogP contribution in [-0.4, -0.2) is 22.4 Å². The zero-order chi connectivity index (χ0) is 52.4.